The molecule has 26 heavy (non-hydrogen) atoms. The molecule has 5 nitrogen and oxygen atoms in total. The first kappa shape index (κ1) is 15.6. The monoisotopic (exact) mass is 425 g/mol. The van der Waals surface area contributed by atoms with E-state index in [1.807, 2.05) is 54.6 Å². The van der Waals surface area contributed by atoms with Crippen LogP contribution in [0.4, 0.5) is 0 Å². The first-order chi connectivity index (χ1) is 12.8. The van der Waals surface area contributed by atoms with Crippen LogP contribution < -0.4 is 4.74 Å². The van der Waals surface area contributed by atoms with Gasteiger partial charge in [0.1, 0.15) is 23.6 Å². The maximum absolute atomic E-state index is 6.03. The van der Waals surface area contributed by atoms with Gasteiger partial charge in [0, 0.05) is 0 Å². The summed E-state index contributed by atoms with van der Waals surface area (Å²) in [7, 11) is 0. The van der Waals surface area contributed by atoms with E-state index in [4.69, 9.17) is 9.15 Å². The van der Waals surface area contributed by atoms with Crippen LogP contribution in [0.15, 0.2) is 69.1 Å². The summed E-state index contributed by atoms with van der Waals surface area (Å²) in [6, 6.07) is 17.9. The van der Waals surface area contributed by atoms with Crippen molar-refractivity contribution in [1.29, 1.82) is 0 Å². The average molecular weight is 426 g/mol. The highest BCUT2D eigenvalue weighted by Crippen LogP contribution is 2.34. The average Bonchev–Trinajstić information content (AvgIpc) is 3.34. The molecule has 0 bridgehead atoms. The molecule has 0 saturated heterocycles. The Balaban J connectivity index is 1.53. The second kappa shape index (κ2) is 6.26. The molecule has 0 aliphatic carbocycles. The number of hydrogen-bond acceptors (Lipinski definition) is 5. The van der Waals surface area contributed by atoms with Crippen LogP contribution in [-0.2, 0) is 6.61 Å². The Morgan fingerprint density at radius 1 is 1.12 bits per heavy atom. The van der Waals surface area contributed by atoms with Crippen molar-refractivity contribution < 1.29 is 9.15 Å². The van der Waals surface area contributed by atoms with E-state index >= 15 is 0 Å². The number of furan rings is 1. The van der Waals surface area contributed by atoms with E-state index in [-0.39, 0.29) is 0 Å². The number of aromatic nitrogens is 3. The maximum atomic E-state index is 6.03. The molecule has 0 aliphatic heterocycles. The fourth-order valence-electron chi connectivity index (χ4n) is 2.86. The second-order valence-electron chi connectivity index (χ2n) is 5.75. The molecule has 0 spiro atoms. The summed E-state index contributed by atoms with van der Waals surface area (Å²) in [5, 5.41) is 5.35. The zero-order chi connectivity index (χ0) is 17.5. The highest BCUT2D eigenvalue weighted by Gasteiger charge is 2.16. The minimum absolute atomic E-state index is 0.510. The van der Waals surface area contributed by atoms with Gasteiger partial charge < -0.3 is 9.15 Å². The third kappa shape index (κ3) is 2.69. The van der Waals surface area contributed by atoms with Crippen LogP contribution in [0, 0.1) is 0 Å². The van der Waals surface area contributed by atoms with Crippen LogP contribution >= 0.6 is 27.3 Å². The third-order valence-corrected chi connectivity index (χ3v) is 5.43. The number of halogens is 1. The molecule has 0 radical (unpaired) electrons. The number of benzene rings is 2. The molecular weight excluding hydrogens is 414 g/mol. The minimum atomic E-state index is 0.510. The van der Waals surface area contributed by atoms with Crippen LogP contribution in [-0.4, -0.2) is 14.6 Å². The van der Waals surface area contributed by atoms with Gasteiger partial charge in [-0.15, -0.1) is 5.10 Å². The van der Waals surface area contributed by atoms with Crippen molar-refractivity contribution in [2.24, 2.45) is 0 Å². The number of nitrogens with zero attached hydrogens (tertiary/aromatic N) is 3. The Morgan fingerprint density at radius 3 is 2.88 bits per heavy atom. The first-order valence-corrected chi connectivity index (χ1v) is 9.58. The van der Waals surface area contributed by atoms with E-state index < -0.39 is 0 Å². The Morgan fingerprint density at radius 2 is 2.00 bits per heavy atom. The number of rotatable bonds is 4. The third-order valence-electron chi connectivity index (χ3n) is 4.07. The van der Waals surface area contributed by atoms with Crippen LogP contribution in [0.5, 0.6) is 5.75 Å². The molecule has 0 N–H and O–H groups in total. The molecular formula is C19H12BrN3O2S. The largest absolute Gasteiger partial charge is 0.488 e. The number of ether oxygens (including phenoxy) is 1. The lowest BCUT2D eigenvalue weighted by Gasteiger charge is -2.06. The van der Waals surface area contributed by atoms with Gasteiger partial charge in [0.25, 0.3) is 0 Å². The number of fused-ring (bicyclic) bond motifs is 2. The zero-order valence-electron chi connectivity index (χ0n) is 13.4. The summed E-state index contributed by atoms with van der Waals surface area (Å²) >= 11 is 4.87. The second-order valence-corrected chi connectivity index (χ2v) is 7.98. The van der Waals surface area contributed by atoms with Gasteiger partial charge in [0.05, 0.1) is 11.6 Å². The molecule has 0 fully saturated rings. The van der Waals surface area contributed by atoms with E-state index in [1.165, 1.54) is 11.3 Å². The van der Waals surface area contributed by atoms with E-state index in [0.29, 0.717) is 12.4 Å². The predicted molar refractivity (Wildman–Crippen MR) is 105 cm³/mol. The van der Waals surface area contributed by atoms with Gasteiger partial charge in [-0.1, -0.05) is 47.7 Å². The summed E-state index contributed by atoms with van der Waals surface area (Å²) in [4.78, 5) is 5.20. The molecule has 3 heterocycles. The van der Waals surface area contributed by atoms with Crippen molar-refractivity contribution >= 4 is 43.2 Å². The highest BCUT2D eigenvalue weighted by molar-refractivity contribution is 9.11. The standard InChI is InChI=1S/C19H12BrN3O2S/c20-18-22-23-14(10-21-19(23)26-18)17-9-13-15(7-4-8-16(13)25-17)24-11-12-5-2-1-3-6-12/h1-10H,11H2. The van der Waals surface area contributed by atoms with Gasteiger partial charge in [0.2, 0.25) is 4.96 Å². The Hall–Kier alpha value is -2.64. The number of hydrogen-bond donors (Lipinski definition) is 0. The van der Waals surface area contributed by atoms with Crippen molar-refractivity contribution in [1.82, 2.24) is 14.6 Å². The summed E-state index contributed by atoms with van der Waals surface area (Å²) in [5.41, 5.74) is 2.71. The van der Waals surface area contributed by atoms with E-state index in [0.717, 1.165) is 36.9 Å². The van der Waals surface area contributed by atoms with Crippen molar-refractivity contribution in [2.75, 3.05) is 0 Å². The lowest BCUT2D eigenvalue weighted by atomic mass is 10.2. The quantitative estimate of drug-likeness (QED) is 0.378. The van der Waals surface area contributed by atoms with E-state index in [1.54, 1.807) is 10.7 Å². The van der Waals surface area contributed by atoms with Gasteiger partial charge >= 0.3 is 0 Å². The van der Waals surface area contributed by atoms with Gasteiger partial charge in [-0.05, 0) is 39.7 Å². The molecule has 5 rings (SSSR count). The molecule has 128 valence electrons. The maximum Gasteiger partial charge on any atom is 0.213 e. The molecule has 2 aromatic carbocycles. The predicted octanol–water partition coefficient (Wildman–Crippen LogP) is 5.55. The Kier molecular flexibility index (Phi) is 3.76. The van der Waals surface area contributed by atoms with Gasteiger partial charge in [0.15, 0.2) is 9.68 Å². The molecule has 0 atom stereocenters. The lowest BCUT2D eigenvalue weighted by molar-refractivity contribution is 0.310. The molecule has 7 heteroatoms. The zero-order valence-corrected chi connectivity index (χ0v) is 15.8. The SMILES string of the molecule is Brc1nn2c(-c3cc4c(OCc5ccccc5)cccc4o3)cnc2s1. The van der Waals surface area contributed by atoms with Gasteiger partial charge in [-0.2, -0.15) is 4.52 Å². The van der Waals surface area contributed by atoms with E-state index in [2.05, 4.69) is 26.0 Å². The Bertz CT molecular complexity index is 1210. The van der Waals surface area contributed by atoms with Crippen LogP contribution in [0.1, 0.15) is 5.56 Å². The summed E-state index contributed by atoms with van der Waals surface area (Å²) in [5.74, 6) is 1.50. The van der Waals surface area contributed by atoms with Gasteiger partial charge in [-0.25, -0.2) is 4.98 Å². The minimum Gasteiger partial charge on any atom is -0.488 e. The fraction of sp³-hybridized carbons (Fsp3) is 0.0526. The highest BCUT2D eigenvalue weighted by atomic mass is 79.9. The fourth-order valence-corrected chi connectivity index (χ4v) is 4.06. The Labute approximate surface area is 161 Å². The topological polar surface area (TPSA) is 52.6 Å². The summed E-state index contributed by atoms with van der Waals surface area (Å²) < 4.78 is 14.6. The molecule has 3 aromatic heterocycles. The van der Waals surface area contributed by atoms with Crippen LogP contribution in [0.2, 0.25) is 0 Å². The molecule has 5 aromatic rings. The number of imidazole rings is 1. The lowest BCUT2D eigenvalue weighted by Crippen LogP contribution is -1.94. The van der Waals surface area contributed by atoms with Crippen LogP contribution in [0.3, 0.4) is 0 Å². The van der Waals surface area contributed by atoms with E-state index in [9.17, 15) is 0 Å². The van der Waals surface area contributed by atoms with Crippen molar-refractivity contribution in [3.63, 3.8) is 0 Å². The van der Waals surface area contributed by atoms with Gasteiger partial charge in [-0.3, -0.25) is 0 Å². The summed E-state index contributed by atoms with van der Waals surface area (Å²) in [6.45, 7) is 0.510. The molecule has 0 aliphatic rings. The van der Waals surface area contributed by atoms with Crippen molar-refractivity contribution in [3.8, 4) is 17.2 Å². The first-order valence-electron chi connectivity index (χ1n) is 7.98. The van der Waals surface area contributed by atoms with Crippen LogP contribution in [0.25, 0.3) is 27.4 Å². The molecule has 0 saturated carbocycles. The molecule has 0 amide bonds. The summed E-state index contributed by atoms with van der Waals surface area (Å²) in [6.07, 6.45) is 1.77. The molecule has 0 unspecified atom stereocenters. The smallest absolute Gasteiger partial charge is 0.213 e. The van der Waals surface area contributed by atoms with Crippen molar-refractivity contribution in [3.05, 3.63) is 70.3 Å². The normalized spacial score (nSPS) is 11.4. The van der Waals surface area contributed by atoms with Crippen molar-refractivity contribution in [2.45, 2.75) is 6.61 Å².